The molecule has 1 amide bonds. The van der Waals surface area contributed by atoms with Crippen LogP contribution in [0.4, 0.5) is 0 Å². The van der Waals surface area contributed by atoms with E-state index in [-0.39, 0.29) is 24.9 Å². The van der Waals surface area contributed by atoms with Crippen LogP contribution in [-0.2, 0) is 4.79 Å². The maximum absolute atomic E-state index is 11.2. The molecule has 0 aliphatic rings. The molecule has 1 heterocycles. The van der Waals surface area contributed by atoms with Gasteiger partial charge in [-0.25, -0.2) is 0 Å². The van der Waals surface area contributed by atoms with E-state index >= 15 is 0 Å². The summed E-state index contributed by atoms with van der Waals surface area (Å²) in [5, 5.41) is 16.0. The van der Waals surface area contributed by atoms with E-state index < -0.39 is 6.10 Å². The molecular weight excluding hydrogens is 212 g/mol. The van der Waals surface area contributed by atoms with Crippen molar-refractivity contribution in [1.82, 2.24) is 5.32 Å². The van der Waals surface area contributed by atoms with Gasteiger partial charge in [0.1, 0.15) is 0 Å². The number of rotatable bonds is 5. The predicted octanol–water partition coefficient (Wildman–Crippen LogP) is 0.635. The monoisotopic (exact) mass is 228 g/mol. The van der Waals surface area contributed by atoms with Crippen LogP contribution in [0.3, 0.4) is 0 Å². The van der Waals surface area contributed by atoms with Crippen molar-refractivity contribution in [2.24, 2.45) is 5.73 Å². The Morgan fingerprint density at radius 2 is 2.47 bits per heavy atom. The van der Waals surface area contributed by atoms with Crippen molar-refractivity contribution >= 4 is 17.2 Å². The van der Waals surface area contributed by atoms with Crippen LogP contribution in [-0.4, -0.2) is 23.6 Å². The van der Waals surface area contributed by atoms with Crippen molar-refractivity contribution < 1.29 is 9.90 Å². The van der Waals surface area contributed by atoms with Crippen LogP contribution in [0, 0.1) is 0 Å². The molecule has 0 spiro atoms. The Labute approximate surface area is 93.1 Å². The van der Waals surface area contributed by atoms with Gasteiger partial charge in [-0.3, -0.25) is 4.79 Å². The molecule has 0 aromatic carbocycles. The first-order chi connectivity index (χ1) is 7.09. The lowest BCUT2D eigenvalue weighted by atomic mass is 10.2. The highest BCUT2D eigenvalue weighted by Gasteiger charge is 2.10. The molecule has 4 N–H and O–H groups in total. The largest absolute Gasteiger partial charge is 0.387 e. The zero-order chi connectivity index (χ0) is 11.3. The summed E-state index contributed by atoms with van der Waals surface area (Å²) in [7, 11) is 0. The number of amides is 1. The topological polar surface area (TPSA) is 75.4 Å². The van der Waals surface area contributed by atoms with Gasteiger partial charge in [-0.15, -0.1) is 0 Å². The van der Waals surface area contributed by atoms with E-state index in [2.05, 4.69) is 5.32 Å². The lowest BCUT2D eigenvalue weighted by Gasteiger charge is -2.11. The van der Waals surface area contributed by atoms with Gasteiger partial charge in [-0.05, 0) is 29.3 Å². The van der Waals surface area contributed by atoms with Gasteiger partial charge >= 0.3 is 0 Å². The van der Waals surface area contributed by atoms with Crippen molar-refractivity contribution in [2.75, 3.05) is 6.54 Å². The van der Waals surface area contributed by atoms with Gasteiger partial charge < -0.3 is 16.2 Å². The lowest BCUT2D eigenvalue weighted by Crippen LogP contribution is -2.32. The Kier molecular flexibility index (Phi) is 4.74. The third-order valence-corrected chi connectivity index (χ3v) is 2.63. The van der Waals surface area contributed by atoms with Crippen LogP contribution < -0.4 is 11.1 Å². The van der Waals surface area contributed by atoms with Crippen LogP contribution in [0.5, 0.6) is 0 Å². The minimum absolute atomic E-state index is 0.126. The first-order valence-corrected chi connectivity index (χ1v) is 5.76. The Bertz CT molecular complexity index is 298. The molecule has 1 aromatic rings. The maximum Gasteiger partial charge on any atom is 0.221 e. The van der Waals surface area contributed by atoms with Gasteiger partial charge in [0.05, 0.1) is 6.10 Å². The fourth-order valence-corrected chi connectivity index (χ4v) is 1.86. The highest BCUT2D eigenvalue weighted by Crippen LogP contribution is 2.14. The average Bonchev–Trinajstić information content (AvgIpc) is 2.65. The van der Waals surface area contributed by atoms with Crippen LogP contribution in [0.2, 0.25) is 0 Å². The smallest absolute Gasteiger partial charge is 0.221 e. The van der Waals surface area contributed by atoms with Gasteiger partial charge in [0.25, 0.3) is 0 Å². The molecule has 0 bridgehead atoms. The van der Waals surface area contributed by atoms with E-state index in [1.807, 2.05) is 16.8 Å². The molecule has 2 atom stereocenters. The Morgan fingerprint density at radius 3 is 3.00 bits per heavy atom. The second-order valence-corrected chi connectivity index (χ2v) is 4.34. The zero-order valence-electron chi connectivity index (χ0n) is 8.64. The van der Waals surface area contributed by atoms with Gasteiger partial charge in [-0.1, -0.05) is 0 Å². The van der Waals surface area contributed by atoms with Crippen molar-refractivity contribution in [3.05, 3.63) is 22.4 Å². The van der Waals surface area contributed by atoms with E-state index in [1.54, 1.807) is 6.92 Å². The number of nitrogens with two attached hydrogens (primary N) is 1. The Hall–Kier alpha value is -0.910. The molecule has 84 valence electrons. The second-order valence-electron chi connectivity index (χ2n) is 3.56. The summed E-state index contributed by atoms with van der Waals surface area (Å²) in [5.74, 6) is -0.126. The molecule has 5 heteroatoms. The summed E-state index contributed by atoms with van der Waals surface area (Å²) >= 11 is 1.52. The van der Waals surface area contributed by atoms with Crippen LogP contribution in [0.1, 0.15) is 25.0 Å². The summed E-state index contributed by atoms with van der Waals surface area (Å²) in [6, 6.07) is 1.69. The third kappa shape index (κ3) is 4.42. The summed E-state index contributed by atoms with van der Waals surface area (Å²) in [6.45, 7) is 2.01. The number of carbonyl (C=O) groups excluding carboxylic acids is 1. The fraction of sp³-hybridized carbons (Fsp3) is 0.500. The number of hydrogen-bond acceptors (Lipinski definition) is 4. The normalized spacial score (nSPS) is 14.6. The number of aliphatic hydroxyl groups excluding tert-OH is 1. The van der Waals surface area contributed by atoms with Crippen LogP contribution in [0.15, 0.2) is 16.8 Å². The van der Waals surface area contributed by atoms with Crippen molar-refractivity contribution in [1.29, 1.82) is 0 Å². The summed E-state index contributed by atoms with van der Waals surface area (Å²) in [4.78, 5) is 11.2. The van der Waals surface area contributed by atoms with E-state index in [0.717, 1.165) is 5.56 Å². The molecule has 0 saturated carbocycles. The average molecular weight is 228 g/mol. The molecule has 1 rings (SSSR count). The maximum atomic E-state index is 11.2. The molecule has 0 fully saturated rings. The minimum Gasteiger partial charge on any atom is -0.387 e. The number of carbonyl (C=O) groups is 1. The first-order valence-electron chi connectivity index (χ1n) is 4.82. The summed E-state index contributed by atoms with van der Waals surface area (Å²) < 4.78 is 0. The zero-order valence-corrected chi connectivity index (χ0v) is 9.46. The van der Waals surface area contributed by atoms with Gasteiger partial charge in [0.15, 0.2) is 0 Å². The fourth-order valence-electron chi connectivity index (χ4n) is 1.16. The number of hydrogen-bond donors (Lipinski definition) is 3. The van der Waals surface area contributed by atoms with E-state index in [0.29, 0.717) is 0 Å². The Balaban J connectivity index is 2.28. The minimum atomic E-state index is -0.631. The molecule has 15 heavy (non-hydrogen) atoms. The van der Waals surface area contributed by atoms with Crippen molar-refractivity contribution in [2.45, 2.75) is 25.5 Å². The molecule has 1 aromatic heterocycles. The van der Waals surface area contributed by atoms with Gasteiger partial charge in [0, 0.05) is 19.0 Å². The summed E-state index contributed by atoms with van der Waals surface area (Å²) in [6.07, 6.45) is -0.343. The van der Waals surface area contributed by atoms with Gasteiger partial charge in [0.2, 0.25) is 5.91 Å². The van der Waals surface area contributed by atoms with Gasteiger partial charge in [-0.2, -0.15) is 11.3 Å². The second kappa shape index (κ2) is 5.85. The molecule has 4 nitrogen and oxygen atoms in total. The number of aliphatic hydroxyl groups is 1. The van der Waals surface area contributed by atoms with Crippen LogP contribution >= 0.6 is 11.3 Å². The standard InChI is InChI=1S/C10H16N2O2S/c1-7(11)4-10(14)12-5-9(13)8-2-3-15-6-8/h2-3,6-7,9,13H,4-5,11H2,1H3,(H,12,14). The molecule has 0 radical (unpaired) electrons. The molecule has 0 aliphatic heterocycles. The van der Waals surface area contributed by atoms with Crippen LogP contribution in [0.25, 0.3) is 0 Å². The summed E-state index contributed by atoms with van der Waals surface area (Å²) in [5.41, 5.74) is 6.31. The predicted molar refractivity (Wildman–Crippen MR) is 60.6 cm³/mol. The molecular formula is C10H16N2O2S. The van der Waals surface area contributed by atoms with E-state index in [1.165, 1.54) is 11.3 Å². The van der Waals surface area contributed by atoms with Crippen molar-refractivity contribution in [3.63, 3.8) is 0 Å². The number of nitrogens with one attached hydrogen (secondary N) is 1. The molecule has 0 saturated heterocycles. The quantitative estimate of drug-likeness (QED) is 0.692. The third-order valence-electron chi connectivity index (χ3n) is 1.93. The highest BCUT2D eigenvalue weighted by molar-refractivity contribution is 7.07. The van der Waals surface area contributed by atoms with Crippen molar-refractivity contribution in [3.8, 4) is 0 Å². The van der Waals surface area contributed by atoms with E-state index in [4.69, 9.17) is 5.73 Å². The first kappa shape index (κ1) is 12.2. The van der Waals surface area contributed by atoms with E-state index in [9.17, 15) is 9.90 Å². The lowest BCUT2D eigenvalue weighted by molar-refractivity contribution is -0.121. The molecule has 2 unspecified atom stereocenters. The Morgan fingerprint density at radius 1 is 1.73 bits per heavy atom. The number of thiophene rings is 1. The molecule has 0 aliphatic carbocycles. The highest BCUT2D eigenvalue weighted by atomic mass is 32.1. The SMILES string of the molecule is CC(N)CC(=O)NCC(O)c1ccsc1.